The van der Waals surface area contributed by atoms with E-state index in [4.69, 9.17) is 0 Å². The number of nitrogens with one attached hydrogen (secondary N) is 1. The first-order valence-corrected chi connectivity index (χ1v) is 9.54. The highest BCUT2D eigenvalue weighted by atomic mass is 15.2. The molecule has 2 heteroatoms. The fourth-order valence-electron chi connectivity index (χ4n) is 4.81. The number of likely N-dealkylation sites (tertiary alicyclic amines) is 1. The molecule has 4 unspecified atom stereocenters. The van der Waals surface area contributed by atoms with Crippen LogP contribution >= 0.6 is 0 Å². The second-order valence-electron chi connectivity index (χ2n) is 8.82. The van der Waals surface area contributed by atoms with Gasteiger partial charge in [-0.1, -0.05) is 26.7 Å². The van der Waals surface area contributed by atoms with Crippen LogP contribution in [0.2, 0.25) is 0 Å². The summed E-state index contributed by atoms with van der Waals surface area (Å²) in [6.07, 6.45) is 11.5. The summed E-state index contributed by atoms with van der Waals surface area (Å²) in [5.41, 5.74) is 0.561. The maximum Gasteiger partial charge on any atom is 0.00684 e. The van der Waals surface area contributed by atoms with Crippen molar-refractivity contribution in [1.29, 1.82) is 0 Å². The van der Waals surface area contributed by atoms with E-state index in [1.807, 2.05) is 0 Å². The fourth-order valence-corrected chi connectivity index (χ4v) is 4.81. The van der Waals surface area contributed by atoms with Crippen LogP contribution in [-0.2, 0) is 0 Å². The van der Waals surface area contributed by atoms with Gasteiger partial charge in [0.25, 0.3) is 0 Å². The van der Waals surface area contributed by atoms with E-state index in [-0.39, 0.29) is 0 Å². The van der Waals surface area contributed by atoms with Gasteiger partial charge in [-0.05, 0) is 62.7 Å². The molecule has 122 valence electrons. The SMILES string of the molecule is CC1CCC(C)N(CC2(CNC3CC3)CCCC(C)C2)C1. The Morgan fingerprint density at radius 3 is 2.52 bits per heavy atom. The summed E-state index contributed by atoms with van der Waals surface area (Å²) in [7, 11) is 0. The number of rotatable bonds is 5. The summed E-state index contributed by atoms with van der Waals surface area (Å²) >= 11 is 0. The van der Waals surface area contributed by atoms with Crippen molar-refractivity contribution in [3.8, 4) is 0 Å². The van der Waals surface area contributed by atoms with E-state index in [0.29, 0.717) is 5.41 Å². The van der Waals surface area contributed by atoms with Crippen molar-refractivity contribution in [2.45, 2.75) is 84.2 Å². The average Bonchev–Trinajstić information content (AvgIpc) is 3.25. The third-order valence-electron chi connectivity index (χ3n) is 6.31. The summed E-state index contributed by atoms with van der Waals surface area (Å²) in [4.78, 5) is 2.83. The zero-order valence-corrected chi connectivity index (χ0v) is 14.5. The molecule has 0 spiro atoms. The Bertz CT molecular complexity index is 338. The molecule has 0 radical (unpaired) electrons. The molecule has 0 aromatic rings. The van der Waals surface area contributed by atoms with E-state index in [9.17, 15) is 0 Å². The Kier molecular flexibility index (Phi) is 4.95. The van der Waals surface area contributed by atoms with Crippen molar-refractivity contribution in [1.82, 2.24) is 10.2 Å². The predicted molar refractivity (Wildman–Crippen MR) is 90.5 cm³/mol. The first kappa shape index (κ1) is 15.8. The maximum absolute atomic E-state index is 3.88. The molecular formula is C19H36N2. The fraction of sp³-hybridized carbons (Fsp3) is 1.00. The summed E-state index contributed by atoms with van der Waals surface area (Å²) < 4.78 is 0. The molecule has 1 aliphatic heterocycles. The van der Waals surface area contributed by atoms with E-state index in [1.54, 1.807) is 0 Å². The summed E-state index contributed by atoms with van der Waals surface area (Å²) in [6.45, 7) is 11.3. The molecule has 1 saturated heterocycles. The smallest absolute Gasteiger partial charge is 0.00684 e. The summed E-state index contributed by atoms with van der Waals surface area (Å²) in [5, 5.41) is 3.88. The van der Waals surface area contributed by atoms with Crippen molar-refractivity contribution in [2.24, 2.45) is 17.3 Å². The molecule has 2 aliphatic carbocycles. The van der Waals surface area contributed by atoms with Crippen LogP contribution in [0.1, 0.15) is 72.1 Å². The molecule has 0 aromatic carbocycles. The van der Waals surface area contributed by atoms with Gasteiger partial charge in [-0.2, -0.15) is 0 Å². The van der Waals surface area contributed by atoms with Crippen molar-refractivity contribution in [3.63, 3.8) is 0 Å². The van der Waals surface area contributed by atoms with Crippen LogP contribution in [0, 0.1) is 17.3 Å². The molecule has 0 amide bonds. The molecule has 3 fully saturated rings. The lowest BCUT2D eigenvalue weighted by atomic mass is 9.69. The van der Waals surface area contributed by atoms with E-state index in [0.717, 1.165) is 23.9 Å². The molecule has 2 nitrogen and oxygen atoms in total. The molecule has 2 saturated carbocycles. The van der Waals surface area contributed by atoms with E-state index < -0.39 is 0 Å². The number of hydrogen-bond acceptors (Lipinski definition) is 2. The highest BCUT2D eigenvalue weighted by molar-refractivity contribution is 4.94. The lowest BCUT2D eigenvalue weighted by Gasteiger charge is -2.47. The second-order valence-corrected chi connectivity index (χ2v) is 8.82. The van der Waals surface area contributed by atoms with Gasteiger partial charge in [0.1, 0.15) is 0 Å². The third kappa shape index (κ3) is 4.22. The van der Waals surface area contributed by atoms with Crippen molar-refractivity contribution in [3.05, 3.63) is 0 Å². The minimum Gasteiger partial charge on any atom is -0.313 e. The molecule has 3 rings (SSSR count). The van der Waals surface area contributed by atoms with Crippen LogP contribution in [0.5, 0.6) is 0 Å². The van der Waals surface area contributed by atoms with Crippen LogP contribution in [-0.4, -0.2) is 36.6 Å². The third-order valence-corrected chi connectivity index (χ3v) is 6.31. The molecule has 3 aliphatic rings. The van der Waals surface area contributed by atoms with Gasteiger partial charge in [-0.25, -0.2) is 0 Å². The van der Waals surface area contributed by atoms with Crippen LogP contribution in [0.15, 0.2) is 0 Å². The van der Waals surface area contributed by atoms with E-state index in [2.05, 4.69) is 31.0 Å². The molecule has 1 N–H and O–H groups in total. The molecule has 4 atom stereocenters. The molecule has 0 bridgehead atoms. The summed E-state index contributed by atoms with van der Waals surface area (Å²) in [5.74, 6) is 1.83. The van der Waals surface area contributed by atoms with Gasteiger partial charge in [-0.3, -0.25) is 4.90 Å². The monoisotopic (exact) mass is 292 g/mol. The maximum atomic E-state index is 3.88. The second kappa shape index (κ2) is 6.58. The highest BCUT2D eigenvalue weighted by Gasteiger charge is 2.39. The largest absolute Gasteiger partial charge is 0.313 e. The van der Waals surface area contributed by atoms with E-state index in [1.165, 1.54) is 71.0 Å². The summed E-state index contributed by atoms with van der Waals surface area (Å²) in [6, 6.07) is 1.66. The van der Waals surface area contributed by atoms with Crippen molar-refractivity contribution >= 4 is 0 Å². The van der Waals surface area contributed by atoms with Gasteiger partial charge in [0.15, 0.2) is 0 Å². The molecule has 21 heavy (non-hydrogen) atoms. The van der Waals surface area contributed by atoms with Crippen molar-refractivity contribution in [2.75, 3.05) is 19.6 Å². The minimum atomic E-state index is 0.561. The van der Waals surface area contributed by atoms with Crippen LogP contribution in [0.4, 0.5) is 0 Å². The Morgan fingerprint density at radius 1 is 1.00 bits per heavy atom. The number of hydrogen-bond donors (Lipinski definition) is 1. The average molecular weight is 293 g/mol. The normalized spacial score (nSPS) is 42.1. The lowest BCUT2D eigenvalue weighted by molar-refractivity contribution is 0.0329. The van der Waals surface area contributed by atoms with Crippen LogP contribution in [0.3, 0.4) is 0 Å². The quantitative estimate of drug-likeness (QED) is 0.822. The first-order chi connectivity index (χ1) is 10.1. The zero-order chi connectivity index (χ0) is 14.9. The van der Waals surface area contributed by atoms with Gasteiger partial charge in [0.2, 0.25) is 0 Å². The van der Waals surface area contributed by atoms with Gasteiger partial charge >= 0.3 is 0 Å². The Balaban J connectivity index is 1.64. The van der Waals surface area contributed by atoms with Crippen LogP contribution in [0.25, 0.3) is 0 Å². The van der Waals surface area contributed by atoms with Crippen molar-refractivity contribution < 1.29 is 0 Å². The molecular weight excluding hydrogens is 256 g/mol. The Morgan fingerprint density at radius 2 is 1.81 bits per heavy atom. The highest BCUT2D eigenvalue weighted by Crippen LogP contribution is 2.41. The minimum absolute atomic E-state index is 0.561. The van der Waals surface area contributed by atoms with E-state index >= 15 is 0 Å². The standard InChI is InChI=1S/C19H36N2/c1-15-5-4-10-19(11-15,13-20-18-8-9-18)14-21-12-16(2)6-7-17(21)3/h15-18,20H,4-14H2,1-3H3. The Hall–Kier alpha value is -0.0800. The van der Waals surface area contributed by atoms with Gasteiger partial charge in [0.05, 0.1) is 0 Å². The van der Waals surface area contributed by atoms with Gasteiger partial charge in [0, 0.05) is 31.7 Å². The Labute approximate surface area is 132 Å². The first-order valence-electron chi connectivity index (χ1n) is 9.54. The number of piperidine rings is 1. The van der Waals surface area contributed by atoms with Gasteiger partial charge < -0.3 is 5.32 Å². The number of nitrogens with zero attached hydrogens (tertiary/aromatic N) is 1. The predicted octanol–water partition coefficient (Wildman–Crippen LogP) is 4.06. The topological polar surface area (TPSA) is 15.3 Å². The molecule has 1 heterocycles. The molecule has 0 aromatic heterocycles. The lowest BCUT2D eigenvalue weighted by Crippen LogP contribution is -2.51. The zero-order valence-electron chi connectivity index (χ0n) is 14.5. The van der Waals surface area contributed by atoms with Crippen LogP contribution < -0.4 is 5.32 Å². The van der Waals surface area contributed by atoms with Gasteiger partial charge in [-0.15, -0.1) is 0 Å².